The molecule has 2 heterocycles. The molecule has 2 nitrogen and oxygen atoms in total. The maximum Gasteiger partial charge on any atom is 0.283 e. The summed E-state index contributed by atoms with van der Waals surface area (Å²) in [6, 6.07) is 13.6. The van der Waals surface area contributed by atoms with E-state index < -0.39 is 12.5 Å². The first-order valence-electron chi connectivity index (χ1n) is 7.03. The second-order valence-electron chi connectivity index (χ2n) is 5.45. The Bertz CT molecular complexity index is 620. The topological polar surface area (TPSA) is 12.5 Å². The van der Waals surface area contributed by atoms with Gasteiger partial charge in [-0.25, -0.2) is 8.78 Å². The molecule has 0 bridgehead atoms. The van der Waals surface area contributed by atoms with Crippen molar-refractivity contribution in [2.45, 2.75) is 18.6 Å². The van der Waals surface area contributed by atoms with Gasteiger partial charge in [0, 0.05) is 18.0 Å². The highest BCUT2D eigenvalue weighted by Gasteiger charge is 2.38. The molecule has 0 spiro atoms. The molecule has 3 rings (SSSR count). The van der Waals surface area contributed by atoms with Crippen molar-refractivity contribution in [3.63, 3.8) is 0 Å². The van der Waals surface area contributed by atoms with Gasteiger partial charge in [0.25, 0.3) is 5.92 Å². The first-order valence-corrected chi connectivity index (χ1v) is 8.64. The third-order valence-corrected chi connectivity index (χ3v) is 5.25. The van der Waals surface area contributed by atoms with Gasteiger partial charge in [0.2, 0.25) is 0 Å². The van der Waals surface area contributed by atoms with Crippen LogP contribution in [0.2, 0.25) is 0 Å². The molecule has 1 aliphatic heterocycles. The molecular formula is C16H16BrF2NOS. The summed E-state index contributed by atoms with van der Waals surface area (Å²) in [5.41, 5.74) is 1.03. The average Bonchev–Trinajstić information content (AvgIpc) is 2.84. The molecule has 1 aliphatic rings. The van der Waals surface area contributed by atoms with Gasteiger partial charge in [-0.3, -0.25) is 4.90 Å². The summed E-state index contributed by atoms with van der Waals surface area (Å²) in [7, 11) is 0. The van der Waals surface area contributed by atoms with Gasteiger partial charge in [-0.2, -0.15) is 0 Å². The Hall–Kier alpha value is -0.820. The Balaban J connectivity index is 1.78. The first-order chi connectivity index (χ1) is 10.5. The fourth-order valence-electron chi connectivity index (χ4n) is 2.58. The van der Waals surface area contributed by atoms with Crippen molar-refractivity contribution in [1.82, 2.24) is 4.90 Å². The van der Waals surface area contributed by atoms with Crippen molar-refractivity contribution >= 4 is 27.3 Å². The molecular weight excluding hydrogens is 372 g/mol. The van der Waals surface area contributed by atoms with Crippen molar-refractivity contribution in [2.75, 3.05) is 19.7 Å². The maximum atomic E-state index is 13.9. The van der Waals surface area contributed by atoms with E-state index in [1.165, 1.54) is 11.3 Å². The fourth-order valence-corrected chi connectivity index (χ4v) is 4.05. The van der Waals surface area contributed by atoms with E-state index in [-0.39, 0.29) is 12.6 Å². The molecule has 1 atom stereocenters. The first kappa shape index (κ1) is 16.1. The zero-order chi connectivity index (χ0) is 15.6. The van der Waals surface area contributed by atoms with Crippen LogP contribution >= 0.6 is 27.3 Å². The van der Waals surface area contributed by atoms with Gasteiger partial charge in [0.05, 0.1) is 10.3 Å². The van der Waals surface area contributed by atoms with Gasteiger partial charge in [-0.1, -0.05) is 30.3 Å². The molecule has 0 radical (unpaired) electrons. The number of alkyl halides is 2. The van der Waals surface area contributed by atoms with Crippen LogP contribution in [-0.4, -0.2) is 30.5 Å². The molecule has 0 amide bonds. The SMILES string of the molecule is FC1(F)COC(c2ccc(Br)s2)CN(Cc2ccccc2)C1. The summed E-state index contributed by atoms with van der Waals surface area (Å²) in [6.45, 7) is 0.170. The molecule has 0 aliphatic carbocycles. The maximum absolute atomic E-state index is 13.9. The van der Waals surface area contributed by atoms with E-state index in [1.807, 2.05) is 42.5 Å². The Kier molecular flexibility index (Phi) is 4.92. The summed E-state index contributed by atoms with van der Waals surface area (Å²) < 4.78 is 34.3. The Labute approximate surface area is 140 Å². The monoisotopic (exact) mass is 387 g/mol. The number of hydrogen-bond donors (Lipinski definition) is 0. The highest BCUT2D eigenvalue weighted by Crippen LogP contribution is 2.34. The quantitative estimate of drug-likeness (QED) is 0.755. The average molecular weight is 388 g/mol. The number of halogens is 3. The summed E-state index contributed by atoms with van der Waals surface area (Å²) in [5.74, 6) is -2.82. The molecule has 6 heteroatoms. The predicted octanol–water partition coefficient (Wildman–Crippen LogP) is 4.72. The molecule has 1 aromatic heterocycles. The molecule has 1 fully saturated rings. The van der Waals surface area contributed by atoms with Crippen molar-refractivity contribution < 1.29 is 13.5 Å². The smallest absolute Gasteiger partial charge is 0.283 e. The van der Waals surface area contributed by atoms with Crippen LogP contribution in [0.1, 0.15) is 16.5 Å². The van der Waals surface area contributed by atoms with Crippen LogP contribution in [-0.2, 0) is 11.3 Å². The standard InChI is InChI=1S/C16H16BrF2NOS/c17-15-7-6-14(22-15)13-9-20(10-16(18,19)11-21-13)8-12-4-2-1-3-5-12/h1-7,13H,8-11H2. The second-order valence-corrected chi connectivity index (χ2v) is 7.95. The van der Waals surface area contributed by atoms with E-state index in [4.69, 9.17) is 4.74 Å². The van der Waals surface area contributed by atoms with E-state index in [0.29, 0.717) is 13.1 Å². The number of ether oxygens (including phenoxy) is 1. The van der Waals surface area contributed by atoms with Gasteiger partial charge in [0.15, 0.2) is 0 Å². The van der Waals surface area contributed by atoms with E-state index in [1.54, 1.807) is 4.90 Å². The van der Waals surface area contributed by atoms with E-state index in [0.717, 1.165) is 14.2 Å². The summed E-state index contributed by atoms with van der Waals surface area (Å²) in [6.07, 6.45) is -0.312. The molecule has 1 aromatic carbocycles. The molecule has 0 N–H and O–H groups in total. The Morgan fingerprint density at radius 3 is 2.68 bits per heavy atom. The largest absolute Gasteiger partial charge is 0.365 e. The van der Waals surface area contributed by atoms with Crippen LogP contribution in [0, 0.1) is 0 Å². The van der Waals surface area contributed by atoms with Crippen molar-refractivity contribution in [1.29, 1.82) is 0 Å². The van der Waals surface area contributed by atoms with Crippen LogP contribution in [0.4, 0.5) is 8.78 Å². The highest BCUT2D eigenvalue weighted by atomic mass is 79.9. The zero-order valence-corrected chi connectivity index (χ0v) is 14.2. The lowest BCUT2D eigenvalue weighted by molar-refractivity contribution is -0.0825. The second kappa shape index (κ2) is 6.74. The zero-order valence-electron chi connectivity index (χ0n) is 11.8. The van der Waals surface area contributed by atoms with E-state index in [2.05, 4.69) is 15.9 Å². The van der Waals surface area contributed by atoms with Crippen LogP contribution in [0.15, 0.2) is 46.3 Å². The normalized spacial score (nSPS) is 22.4. The third-order valence-electron chi connectivity index (χ3n) is 3.53. The lowest BCUT2D eigenvalue weighted by Crippen LogP contribution is -2.37. The van der Waals surface area contributed by atoms with Crippen LogP contribution < -0.4 is 0 Å². The minimum atomic E-state index is -2.82. The molecule has 22 heavy (non-hydrogen) atoms. The highest BCUT2D eigenvalue weighted by molar-refractivity contribution is 9.11. The van der Waals surface area contributed by atoms with E-state index >= 15 is 0 Å². The lowest BCUT2D eigenvalue weighted by Gasteiger charge is -2.24. The molecule has 1 saturated heterocycles. The molecule has 0 saturated carbocycles. The fraction of sp³-hybridized carbons (Fsp3) is 0.375. The number of hydrogen-bond acceptors (Lipinski definition) is 3. The summed E-state index contributed by atoms with van der Waals surface area (Å²) in [5, 5.41) is 0. The van der Waals surface area contributed by atoms with Gasteiger partial charge < -0.3 is 4.74 Å². The van der Waals surface area contributed by atoms with E-state index in [9.17, 15) is 8.78 Å². The molecule has 118 valence electrons. The van der Waals surface area contributed by atoms with Gasteiger partial charge in [-0.05, 0) is 33.6 Å². The van der Waals surface area contributed by atoms with Crippen LogP contribution in [0.3, 0.4) is 0 Å². The number of thiophene rings is 1. The minimum absolute atomic E-state index is 0.273. The van der Waals surface area contributed by atoms with Gasteiger partial charge in [0.1, 0.15) is 12.7 Å². The summed E-state index contributed by atoms with van der Waals surface area (Å²) >= 11 is 4.94. The Morgan fingerprint density at radius 1 is 1.23 bits per heavy atom. The molecule has 1 unspecified atom stereocenters. The minimum Gasteiger partial charge on any atom is -0.365 e. The lowest BCUT2D eigenvalue weighted by atomic mass is 10.2. The third kappa shape index (κ3) is 4.13. The van der Waals surface area contributed by atoms with Crippen LogP contribution in [0.5, 0.6) is 0 Å². The number of nitrogens with zero attached hydrogens (tertiary/aromatic N) is 1. The number of rotatable bonds is 3. The van der Waals surface area contributed by atoms with Crippen molar-refractivity contribution in [3.8, 4) is 0 Å². The number of benzene rings is 1. The van der Waals surface area contributed by atoms with Crippen LogP contribution in [0.25, 0.3) is 0 Å². The Morgan fingerprint density at radius 2 is 2.00 bits per heavy atom. The van der Waals surface area contributed by atoms with Gasteiger partial charge >= 0.3 is 0 Å². The van der Waals surface area contributed by atoms with Crippen molar-refractivity contribution in [2.24, 2.45) is 0 Å². The van der Waals surface area contributed by atoms with Crippen molar-refractivity contribution in [3.05, 3.63) is 56.7 Å². The van der Waals surface area contributed by atoms with Gasteiger partial charge in [-0.15, -0.1) is 11.3 Å². The summed E-state index contributed by atoms with van der Waals surface area (Å²) in [4.78, 5) is 2.75. The molecule has 2 aromatic rings. The predicted molar refractivity (Wildman–Crippen MR) is 87.4 cm³/mol.